The number of rotatable bonds is 5. The zero-order valence-electron chi connectivity index (χ0n) is 10.8. The standard InChI is InChI=1S/C12H14BrN3O2S2/c1-8-16-10(7-19-8)4-5-15-20(17,18)12-3-2-9(14)6-11(12)13/h2-3,6-7,15H,4-5,14H2,1H3. The fourth-order valence-electron chi connectivity index (χ4n) is 1.65. The van der Waals surface area contributed by atoms with Crippen molar-refractivity contribution < 1.29 is 8.42 Å². The van der Waals surface area contributed by atoms with E-state index in [0.717, 1.165) is 10.7 Å². The summed E-state index contributed by atoms with van der Waals surface area (Å²) in [5.74, 6) is 0. The van der Waals surface area contributed by atoms with Crippen molar-refractivity contribution >= 4 is 43.0 Å². The maximum Gasteiger partial charge on any atom is 0.241 e. The summed E-state index contributed by atoms with van der Waals surface area (Å²) < 4.78 is 27.3. The number of hydrogen-bond acceptors (Lipinski definition) is 5. The summed E-state index contributed by atoms with van der Waals surface area (Å²) in [6.07, 6.45) is 0.566. The lowest BCUT2D eigenvalue weighted by molar-refractivity contribution is 0.581. The topological polar surface area (TPSA) is 85.1 Å². The summed E-state index contributed by atoms with van der Waals surface area (Å²) in [7, 11) is -3.55. The summed E-state index contributed by atoms with van der Waals surface area (Å²) in [6.45, 7) is 2.23. The Labute approximate surface area is 130 Å². The van der Waals surface area contributed by atoms with Gasteiger partial charge in [0.1, 0.15) is 0 Å². The lowest BCUT2D eigenvalue weighted by Crippen LogP contribution is -2.26. The largest absolute Gasteiger partial charge is 0.399 e. The molecular weight excluding hydrogens is 362 g/mol. The number of nitrogen functional groups attached to an aromatic ring is 1. The number of thiazole rings is 1. The molecule has 108 valence electrons. The van der Waals surface area contributed by atoms with Crippen molar-refractivity contribution in [1.82, 2.24) is 9.71 Å². The lowest BCUT2D eigenvalue weighted by atomic mass is 10.3. The molecule has 0 saturated heterocycles. The first-order valence-electron chi connectivity index (χ1n) is 5.84. The van der Waals surface area contributed by atoms with E-state index in [2.05, 4.69) is 25.6 Å². The monoisotopic (exact) mass is 375 g/mol. The minimum Gasteiger partial charge on any atom is -0.399 e. The molecule has 0 unspecified atom stereocenters. The number of anilines is 1. The zero-order valence-corrected chi connectivity index (χ0v) is 14.0. The van der Waals surface area contributed by atoms with Crippen LogP contribution in [0.5, 0.6) is 0 Å². The Morgan fingerprint density at radius 1 is 1.45 bits per heavy atom. The van der Waals surface area contributed by atoms with E-state index in [4.69, 9.17) is 5.73 Å². The van der Waals surface area contributed by atoms with Gasteiger partial charge in [0.05, 0.1) is 15.6 Å². The summed E-state index contributed by atoms with van der Waals surface area (Å²) in [5.41, 5.74) is 7.00. The Balaban J connectivity index is 2.04. The van der Waals surface area contributed by atoms with Crippen molar-refractivity contribution in [3.05, 3.63) is 38.8 Å². The maximum absolute atomic E-state index is 12.2. The maximum atomic E-state index is 12.2. The van der Waals surface area contributed by atoms with E-state index >= 15 is 0 Å². The number of aromatic nitrogens is 1. The second-order valence-electron chi connectivity index (χ2n) is 4.20. The Morgan fingerprint density at radius 2 is 2.20 bits per heavy atom. The van der Waals surface area contributed by atoms with Crippen molar-refractivity contribution in [2.45, 2.75) is 18.2 Å². The first kappa shape index (κ1) is 15.4. The molecule has 20 heavy (non-hydrogen) atoms. The predicted molar refractivity (Wildman–Crippen MR) is 84.3 cm³/mol. The zero-order chi connectivity index (χ0) is 14.8. The summed E-state index contributed by atoms with van der Waals surface area (Å²) in [4.78, 5) is 4.47. The lowest BCUT2D eigenvalue weighted by Gasteiger charge is -2.08. The third-order valence-corrected chi connectivity index (χ3v) is 5.85. The van der Waals surface area contributed by atoms with Crippen LogP contribution in [0.4, 0.5) is 5.69 Å². The molecule has 1 heterocycles. The van der Waals surface area contributed by atoms with Crippen molar-refractivity contribution in [2.24, 2.45) is 0 Å². The van der Waals surface area contributed by atoms with Crippen LogP contribution < -0.4 is 10.5 Å². The van der Waals surface area contributed by atoms with Gasteiger partial charge in [-0.1, -0.05) is 0 Å². The Kier molecular flexibility index (Phi) is 4.79. The minimum atomic E-state index is -3.55. The van der Waals surface area contributed by atoms with Crippen LogP contribution in [0.25, 0.3) is 0 Å². The number of benzene rings is 1. The van der Waals surface area contributed by atoms with Gasteiger partial charge in [0.25, 0.3) is 0 Å². The van der Waals surface area contributed by atoms with Gasteiger partial charge in [0, 0.05) is 28.5 Å². The molecule has 0 saturated carbocycles. The van der Waals surface area contributed by atoms with Crippen LogP contribution in [0.1, 0.15) is 10.7 Å². The van der Waals surface area contributed by atoms with Crippen LogP contribution in [0.3, 0.4) is 0 Å². The quantitative estimate of drug-likeness (QED) is 0.785. The fraction of sp³-hybridized carbons (Fsp3) is 0.250. The molecule has 2 rings (SSSR count). The number of halogens is 1. The Morgan fingerprint density at radius 3 is 2.80 bits per heavy atom. The van der Waals surface area contributed by atoms with Crippen LogP contribution in [-0.4, -0.2) is 19.9 Å². The van der Waals surface area contributed by atoms with Gasteiger partial charge in [0.2, 0.25) is 10.0 Å². The number of nitrogens with zero attached hydrogens (tertiary/aromatic N) is 1. The molecule has 3 N–H and O–H groups in total. The van der Waals surface area contributed by atoms with E-state index in [1.807, 2.05) is 12.3 Å². The first-order chi connectivity index (χ1) is 9.38. The number of hydrogen-bond donors (Lipinski definition) is 2. The van der Waals surface area contributed by atoms with Gasteiger partial charge in [-0.3, -0.25) is 0 Å². The molecule has 8 heteroatoms. The van der Waals surface area contributed by atoms with Gasteiger partial charge >= 0.3 is 0 Å². The molecule has 1 aromatic carbocycles. The third-order valence-electron chi connectivity index (χ3n) is 2.59. The SMILES string of the molecule is Cc1nc(CCNS(=O)(=O)c2ccc(N)cc2Br)cs1. The highest BCUT2D eigenvalue weighted by atomic mass is 79.9. The molecule has 0 bridgehead atoms. The van der Waals surface area contributed by atoms with Gasteiger partial charge in [0.15, 0.2) is 0 Å². The van der Waals surface area contributed by atoms with E-state index < -0.39 is 10.0 Å². The van der Waals surface area contributed by atoms with E-state index in [9.17, 15) is 8.42 Å². The molecule has 0 aliphatic heterocycles. The van der Waals surface area contributed by atoms with Crippen molar-refractivity contribution in [1.29, 1.82) is 0 Å². The van der Waals surface area contributed by atoms with Gasteiger partial charge in [-0.2, -0.15) is 0 Å². The number of aryl methyl sites for hydroxylation is 1. The summed E-state index contributed by atoms with van der Waals surface area (Å²) in [6, 6.07) is 4.61. The summed E-state index contributed by atoms with van der Waals surface area (Å²) in [5, 5.41) is 2.91. The predicted octanol–water partition coefficient (Wildman–Crippen LogP) is 2.32. The van der Waals surface area contributed by atoms with Crippen LogP contribution in [0, 0.1) is 6.92 Å². The average Bonchev–Trinajstić information content (AvgIpc) is 2.74. The molecule has 0 aliphatic carbocycles. The highest BCUT2D eigenvalue weighted by molar-refractivity contribution is 9.10. The van der Waals surface area contributed by atoms with E-state index in [1.165, 1.54) is 6.07 Å². The molecule has 1 aromatic heterocycles. The molecule has 0 fully saturated rings. The van der Waals surface area contributed by atoms with Gasteiger partial charge < -0.3 is 5.73 Å². The van der Waals surface area contributed by atoms with Crippen LogP contribution in [0.2, 0.25) is 0 Å². The van der Waals surface area contributed by atoms with Gasteiger partial charge in [-0.05, 0) is 41.1 Å². The van der Waals surface area contributed by atoms with Crippen molar-refractivity contribution in [3.8, 4) is 0 Å². The van der Waals surface area contributed by atoms with Crippen LogP contribution in [-0.2, 0) is 16.4 Å². The first-order valence-corrected chi connectivity index (χ1v) is 9.00. The summed E-state index contributed by atoms with van der Waals surface area (Å²) >= 11 is 4.77. The van der Waals surface area contributed by atoms with E-state index in [-0.39, 0.29) is 4.90 Å². The Hall–Kier alpha value is -0.960. The number of nitrogens with one attached hydrogen (secondary N) is 1. The molecule has 0 amide bonds. The molecule has 0 spiro atoms. The van der Waals surface area contributed by atoms with Crippen molar-refractivity contribution in [2.75, 3.05) is 12.3 Å². The Bertz CT molecular complexity index is 713. The molecule has 5 nitrogen and oxygen atoms in total. The molecule has 0 aliphatic rings. The van der Waals surface area contributed by atoms with E-state index in [1.54, 1.807) is 23.5 Å². The highest BCUT2D eigenvalue weighted by Gasteiger charge is 2.17. The third kappa shape index (κ3) is 3.78. The molecule has 0 atom stereocenters. The highest BCUT2D eigenvalue weighted by Crippen LogP contribution is 2.24. The minimum absolute atomic E-state index is 0.182. The van der Waals surface area contributed by atoms with E-state index in [0.29, 0.717) is 23.1 Å². The average molecular weight is 376 g/mol. The molecule has 2 aromatic rings. The van der Waals surface area contributed by atoms with Crippen LogP contribution in [0.15, 0.2) is 32.9 Å². The smallest absolute Gasteiger partial charge is 0.241 e. The molecule has 0 radical (unpaired) electrons. The molecular formula is C12H14BrN3O2S2. The number of nitrogens with two attached hydrogens (primary N) is 1. The van der Waals surface area contributed by atoms with Gasteiger partial charge in [-0.15, -0.1) is 11.3 Å². The second-order valence-corrected chi connectivity index (χ2v) is 7.85. The normalized spacial score (nSPS) is 11.7. The second kappa shape index (κ2) is 6.21. The van der Waals surface area contributed by atoms with Crippen molar-refractivity contribution in [3.63, 3.8) is 0 Å². The van der Waals surface area contributed by atoms with Gasteiger partial charge in [-0.25, -0.2) is 18.1 Å². The fourth-order valence-corrected chi connectivity index (χ4v) is 4.42. The van der Waals surface area contributed by atoms with Crippen LogP contribution >= 0.6 is 27.3 Å². The number of sulfonamides is 1.